The lowest BCUT2D eigenvalue weighted by atomic mass is 10.00. The molecule has 1 N–H and O–H groups in total. The first-order chi connectivity index (χ1) is 10.9. The monoisotopic (exact) mass is 316 g/mol. The minimum absolute atomic E-state index is 0.562. The molecule has 118 valence electrons. The summed E-state index contributed by atoms with van der Waals surface area (Å²) in [6, 6.07) is 4.67. The number of hydrogen-bond acceptors (Lipinski definition) is 4. The molecule has 1 atom stereocenters. The third-order valence-corrected chi connectivity index (χ3v) is 6.21. The van der Waals surface area contributed by atoms with Gasteiger partial charge in [0.05, 0.1) is 0 Å². The SMILES string of the molecule is c1cnc2c(c1)nc(CC1CCCSC1)n2C1CCNCC1. The van der Waals surface area contributed by atoms with E-state index >= 15 is 0 Å². The van der Waals surface area contributed by atoms with Crippen molar-refractivity contribution >= 4 is 22.9 Å². The second-order valence-corrected chi connectivity index (χ2v) is 7.66. The molecule has 0 saturated carbocycles. The highest BCUT2D eigenvalue weighted by molar-refractivity contribution is 7.99. The molecule has 5 heteroatoms. The van der Waals surface area contributed by atoms with Crippen LogP contribution in [0.25, 0.3) is 11.2 Å². The van der Waals surface area contributed by atoms with E-state index in [4.69, 9.17) is 4.98 Å². The van der Waals surface area contributed by atoms with Crippen molar-refractivity contribution in [3.63, 3.8) is 0 Å². The lowest BCUT2D eigenvalue weighted by molar-refractivity contribution is 0.359. The number of nitrogens with zero attached hydrogens (tertiary/aromatic N) is 3. The van der Waals surface area contributed by atoms with Gasteiger partial charge in [0.1, 0.15) is 11.3 Å². The summed E-state index contributed by atoms with van der Waals surface area (Å²) in [5.74, 6) is 4.69. The molecule has 2 aliphatic rings. The Morgan fingerprint density at radius 2 is 2.18 bits per heavy atom. The number of aromatic nitrogens is 3. The lowest BCUT2D eigenvalue weighted by Crippen LogP contribution is -2.30. The van der Waals surface area contributed by atoms with E-state index in [9.17, 15) is 0 Å². The summed E-state index contributed by atoms with van der Waals surface area (Å²) < 4.78 is 2.47. The van der Waals surface area contributed by atoms with Gasteiger partial charge in [-0.05, 0) is 68.3 Å². The van der Waals surface area contributed by atoms with Crippen LogP contribution in [0.15, 0.2) is 18.3 Å². The first-order valence-electron chi connectivity index (χ1n) is 8.52. The first-order valence-corrected chi connectivity index (χ1v) is 9.67. The molecule has 0 aromatic carbocycles. The molecule has 2 aromatic rings. The fourth-order valence-electron chi connectivity index (χ4n) is 3.80. The molecule has 2 aromatic heterocycles. The highest BCUT2D eigenvalue weighted by Gasteiger charge is 2.24. The van der Waals surface area contributed by atoms with Crippen molar-refractivity contribution in [2.45, 2.75) is 38.1 Å². The van der Waals surface area contributed by atoms with Gasteiger partial charge >= 0.3 is 0 Å². The predicted octanol–water partition coefficient (Wildman–Crippen LogP) is 3.04. The molecule has 0 spiro atoms. The molecule has 4 nitrogen and oxygen atoms in total. The number of nitrogens with one attached hydrogen (secondary N) is 1. The summed E-state index contributed by atoms with van der Waals surface area (Å²) in [6.45, 7) is 2.21. The Morgan fingerprint density at radius 1 is 1.27 bits per heavy atom. The fraction of sp³-hybridized carbons (Fsp3) is 0.647. The average molecular weight is 316 g/mol. The van der Waals surface area contributed by atoms with Gasteiger partial charge in [0.2, 0.25) is 0 Å². The van der Waals surface area contributed by atoms with Crippen molar-refractivity contribution in [3.8, 4) is 0 Å². The lowest BCUT2D eigenvalue weighted by Gasteiger charge is -2.27. The molecule has 4 heterocycles. The number of rotatable bonds is 3. The van der Waals surface area contributed by atoms with Crippen LogP contribution in [0.4, 0.5) is 0 Å². The van der Waals surface area contributed by atoms with Gasteiger partial charge in [0.25, 0.3) is 0 Å². The Labute approximate surface area is 136 Å². The predicted molar refractivity (Wildman–Crippen MR) is 92.4 cm³/mol. The van der Waals surface area contributed by atoms with Crippen molar-refractivity contribution in [2.24, 2.45) is 5.92 Å². The minimum atomic E-state index is 0.562. The second kappa shape index (κ2) is 6.59. The molecule has 22 heavy (non-hydrogen) atoms. The maximum Gasteiger partial charge on any atom is 0.160 e. The molecule has 0 radical (unpaired) electrons. The zero-order valence-electron chi connectivity index (χ0n) is 13.0. The minimum Gasteiger partial charge on any atom is -0.317 e. The Bertz CT molecular complexity index is 627. The number of piperidine rings is 1. The van der Waals surface area contributed by atoms with Gasteiger partial charge in [-0.15, -0.1) is 0 Å². The number of imidazole rings is 1. The summed E-state index contributed by atoms with van der Waals surface area (Å²) in [7, 11) is 0. The molecule has 4 rings (SSSR count). The van der Waals surface area contributed by atoms with Crippen LogP contribution in [0.3, 0.4) is 0 Å². The summed E-state index contributed by atoms with van der Waals surface area (Å²) in [5.41, 5.74) is 2.16. The molecular weight excluding hydrogens is 292 g/mol. The van der Waals surface area contributed by atoms with Crippen molar-refractivity contribution in [1.29, 1.82) is 0 Å². The zero-order chi connectivity index (χ0) is 14.8. The van der Waals surface area contributed by atoms with Crippen LogP contribution in [0.5, 0.6) is 0 Å². The smallest absolute Gasteiger partial charge is 0.160 e. The van der Waals surface area contributed by atoms with Gasteiger partial charge in [-0.1, -0.05) is 0 Å². The maximum absolute atomic E-state index is 4.95. The van der Waals surface area contributed by atoms with E-state index in [1.165, 1.54) is 43.0 Å². The Hall–Kier alpha value is -1.07. The van der Waals surface area contributed by atoms with E-state index in [1.54, 1.807) is 0 Å². The standard InChI is InChI=1S/C17H24N4S/c1-4-15-17(19-7-1)21(14-5-8-18-9-6-14)16(20-15)11-13-3-2-10-22-12-13/h1,4,7,13-14,18H,2-3,5-6,8-12H2. The largest absolute Gasteiger partial charge is 0.317 e. The Morgan fingerprint density at radius 3 is 3.00 bits per heavy atom. The third-order valence-electron chi connectivity index (χ3n) is 4.92. The van der Waals surface area contributed by atoms with Crippen molar-refractivity contribution in [2.75, 3.05) is 24.6 Å². The van der Waals surface area contributed by atoms with Gasteiger partial charge in [-0.25, -0.2) is 9.97 Å². The third kappa shape index (κ3) is 2.88. The van der Waals surface area contributed by atoms with Crippen LogP contribution in [0.1, 0.15) is 37.5 Å². The van der Waals surface area contributed by atoms with Gasteiger partial charge in [-0.3, -0.25) is 0 Å². The summed E-state index contributed by atoms with van der Waals surface area (Å²) >= 11 is 2.11. The summed E-state index contributed by atoms with van der Waals surface area (Å²) in [4.78, 5) is 9.60. The number of fused-ring (bicyclic) bond motifs is 1. The summed E-state index contributed by atoms with van der Waals surface area (Å²) in [6.07, 6.45) is 8.12. The van der Waals surface area contributed by atoms with E-state index in [0.717, 1.165) is 36.6 Å². The van der Waals surface area contributed by atoms with Crippen molar-refractivity contribution in [1.82, 2.24) is 19.9 Å². The Balaban J connectivity index is 1.68. The molecule has 2 saturated heterocycles. The van der Waals surface area contributed by atoms with E-state index in [2.05, 4.69) is 32.7 Å². The van der Waals surface area contributed by atoms with Crippen LogP contribution in [0, 0.1) is 5.92 Å². The second-order valence-electron chi connectivity index (χ2n) is 6.51. The molecule has 1 unspecified atom stereocenters. The van der Waals surface area contributed by atoms with Crippen LogP contribution in [-0.4, -0.2) is 39.1 Å². The molecular formula is C17H24N4S. The van der Waals surface area contributed by atoms with Crippen LogP contribution < -0.4 is 5.32 Å². The van der Waals surface area contributed by atoms with E-state index in [0.29, 0.717) is 6.04 Å². The van der Waals surface area contributed by atoms with Gasteiger partial charge < -0.3 is 9.88 Å². The molecule has 0 bridgehead atoms. The van der Waals surface area contributed by atoms with Crippen LogP contribution >= 0.6 is 11.8 Å². The zero-order valence-corrected chi connectivity index (χ0v) is 13.8. The van der Waals surface area contributed by atoms with Gasteiger partial charge in [-0.2, -0.15) is 11.8 Å². The molecule has 0 aliphatic carbocycles. The van der Waals surface area contributed by atoms with Gasteiger partial charge in [0.15, 0.2) is 5.65 Å². The summed E-state index contributed by atoms with van der Waals surface area (Å²) in [5, 5.41) is 3.47. The number of pyridine rings is 1. The Kier molecular flexibility index (Phi) is 4.35. The first kappa shape index (κ1) is 14.5. The van der Waals surface area contributed by atoms with Crippen molar-refractivity contribution < 1.29 is 0 Å². The quantitative estimate of drug-likeness (QED) is 0.945. The highest BCUT2D eigenvalue weighted by Crippen LogP contribution is 2.30. The normalized spacial score (nSPS) is 23.9. The van der Waals surface area contributed by atoms with E-state index in [1.807, 2.05) is 12.3 Å². The van der Waals surface area contributed by atoms with Crippen LogP contribution in [0.2, 0.25) is 0 Å². The molecule has 2 fully saturated rings. The average Bonchev–Trinajstić information content (AvgIpc) is 2.94. The highest BCUT2D eigenvalue weighted by atomic mass is 32.2. The van der Waals surface area contributed by atoms with Crippen LogP contribution in [-0.2, 0) is 6.42 Å². The maximum atomic E-state index is 4.95. The topological polar surface area (TPSA) is 42.7 Å². The molecule has 2 aliphatic heterocycles. The van der Waals surface area contributed by atoms with E-state index < -0.39 is 0 Å². The van der Waals surface area contributed by atoms with E-state index in [-0.39, 0.29) is 0 Å². The molecule has 0 amide bonds. The fourth-order valence-corrected chi connectivity index (χ4v) is 4.95. The van der Waals surface area contributed by atoms with Crippen molar-refractivity contribution in [3.05, 3.63) is 24.2 Å². The van der Waals surface area contributed by atoms with Gasteiger partial charge in [0, 0.05) is 18.7 Å². The number of hydrogen-bond donors (Lipinski definition) is 1. The number of thioether (sulfide) groups is 1.